The van der Waals surface area contributed by atoms with Gasteiger partial charge in [0, 0.05) is 26.1 Å². The lowest BCUT2D eigenvalue weighted by atomic mass is 10.1. The summed E-state index contributed by atoms with van der Waals surface area (Å²) in [7, 11) is 1.55. The first-order valence-electron chi connectivity index (χ1n) is 6.49. The number of amides is 2. The minimum absolute atomic E-state index is 0.0670. The summed E-state index contributed by atoms with van der Waals surface area (Å²) < 4.78 is 13.5. The lowest BCUT2D eigenvalue weighted by molar-refractivity contribution is -0.121. The number of para-hydroxylation sites is 1. The van der Waals surface area contributed by atoms with Gasteiger partial charge in [-0.2, -0.15) is 0 Å². The molecule has 0 saturated carbocycles. The molecule has 0 aromatic heterocycles. The van der Waals surface area contributed by atoms with Crippen molar-refractivity contribution in [3.8, 4) is 0 Å². The largest absolute Gasteiger partial charge is 0.385 e. The van der Waals surface area contributed by atoms with Crippen LogP contribution < -0.4 is 16.0 Å². The van der Waals surface area contributed by atoms with Crippen molar-refractivity contribution in [1.29, 1.82) is 0 Å². The molecule has 1 aromatic carbocycles. The van der Waals surface area contributed by atoms with Crippen molar-refractivity contribution in [2.24, 2.45) is 0 Å². The van der Waals surface area contributed by atoms with Crippen molar-refractivity contribution in [2.45, 2.75) is 26.3 Å². The van der Waals surface area contributed by atoms with E-state index >= 15 is 0 Å². The van der Waals surface area contributed by atoms with E-state index in [1.807, 2.05) is 13.8 Å². The molecule has 0 aliphatic rings. The van der Waals surface area contributed by atoms with Gasteiger partial charge < -0.3 is 16.0 Å². The third kappa shape index (κ3) is 4.53. The molecule has 6 heteroatoms. The molecule has 0 saturated heterocycles. The second kappa shape index (κ2) is 7.47. The van der Waals surface area contributed by atoms with Gasteiger partial charge in [0.05, 0.1) is 11.3 Å². The van der Waals surface area contributed by atoms with E-state index in [-0.39, 0.29) is 36.2 Å². The van der Waals surface area contributed by atoms with Crippen LogP contribution in [0.3, 0.4) is 0 Å². The molecular weight excluding hydrogens is 261 g/mol. The molecule has 0 atom stereocenters. The van der Waals surface area contributed by atoms with Crippen molar-refractivity contribution in [2.75, 3.05) is 18.9 Å². The Kier molecular flexibility index (Phi) is 5.96. The van der Waals surface area contributed by atoms with Crippen LogP contribution in [-0.4, -0.2) is 31.4 Å². The third-order valence-corrected chi connectivity index (χ3v) is 2.60. The van der Waals surface area contributed by atoms with Crippen molar-refractivity contribution in [3.63, 3.8) is 0 Å². The Balaban J connectivity index is 2.56. The van der Waals surface area contributed by atoms with Gasteiger partial charge in [0.15, 0.2) is 0 Å². The van der Waals surface area contributed by atoms with Gasteiger partial charge in [0.25, 0.3) is 5.91 Å². The maximum absolute atomic E-state index is 13.5. The first-order valence-corrected chi connectivity index (χ1v) is 6.49. The highest BCUT2D eigenvalue weighted by atomic mass is 19.1. The van der Waals surface area contributed by atoms with Crippen LogP contribution in [0.25, 0.3) is 0 Å². The van der Waals surface area contributed by atoms with Gasteiger partial charge in [0.1, 0.15) is 5.82 Å². The number of hydrogen-bond donors (Lipinski definition) is 3. The fourth-order valence-corrected chi connectivity index (χ4v) is 1.75. The highest BCUT2D eigenvalue weighted by molar-refractivity contribution is 5.99. The second-order valence-electron chi connectivity index (χ2n) is 4.64. The SMILES string of the molecule is CNc1c(F)cccc1C(=O)NCCC(=O)NC(C)C. The van der Waals surface area contributed by atoms with Crippen molar-refractivity contribution >= 4 is 17.5 Å². The Morgan fingerprint density at radius 2 is 2.00 bits per heavy atom. The normalized spacial score (nSPS) is 10.2. The van der Waals surface area contributed by atoms with Gasteiger partial charge in [-0.25, -0.2) is 4.39 Å². The summed E-state index contributed by atoms with van der Waals surface area (Å²) in [5.74, 6) is -1.03. The van der Waals surface area contributed by atoms with Gasteiger partial charge in [-0.3, -0.25) is 9.59 Å². The summed E-state index contributed by atoms with van der Waals surface area (Å²) in [6.07, 6.45) is 0.189. The van der Waals surface area contributed by atoms with Crippen molar-refractivity contribution in [3.05, 3.63) is 29.6 Å². The predicted molar refractivity (Wildman–Crippen MR) is 76.2 cm³/mol. The summed E-state index contributed by atoms with van der Waals surface area (Å²) in [5, 5.41) is 7.98. The first-order chi connectivity index (χ1) is 9.45. The van der Waals surface area contributed by atoms with Crippen molar-refractivity contribution in [1.82, 2.24) is 10.6 Å². The molecule has 0 bridgehead atoms. The van der Waals surface area contributed by atoms with Crippen LogP contribution in [0, 0.1) is 5.82 Å². The standard InChI is InChI=1S/C14H20FN3O2/c1-9(2)18-12(19)7-8-17-14(20)10-5-4-6-11(15)13(10)16-3/h4-6,9,16H,7-8H2,1-3H3,(H,17,20)(H,18,19). The fraction of sp³-hybridized carbons (Fsp3) is 0.429. The van der Waals surface area contributed by atoms with Crippen LogP contribution in [0.2, 0.25) is 0 Å². The monoisotopic (exact) mass is 281 g/mol. The average Bonchev–Trinajstić information content (AvgIpc) is 2.37. The van der Waals surface area contributed by atoms with Gasteiger partial charge in [0.2, 0.25) is 5.91 Å². The van der Waals surface area contributed by atoms with Gasteiger partial charge >= 0.3 is 0 Å². The smallest absolute Gasteiger partial charge is 0.253 e. The third-order valence-electron chi connectivity index (χ3n) is 2.60. The minimum Gasteiger partial charge on any atom is -0.385 e. The molecule has 0 heterocycles. The molecule has 2 amide bonds. The fourth-order valence-electron chi connectivity index (χ4n) is 1.75. The second-order valence-corrected chi connectivity index (χ2v) is 4.64. The molecule has 0 radical (unpaired) electrons. The Hall–Kier alpha value is -2.11. The van der Waals surface area contributed by atoms with Crippen molar-refractivity contribution < 1.29 is 14.0 Å². The molecule has 3 N–H and O–H groups in total. The molecule has 5 nitrogen and oxygen atoms in total. The molecule has 20 heavy (non-hydrogen) atoms. The Labute approximate surface area is 117 Å². The van der Waals surface area contributed by atoms with E-state index in [2.05, 4.69) is 16.0 Å². The van der Waals surface area contributed by atoms with Crippen LogP contribution in [-0.2, 0) is 4.79 Å². The number of rotatable bonds is 6. The maximum atomic E-state index is 13.5. The Morgan fingerprint density at radius 1 is 1.30 bits per heavy atom. The highest BCUT2D eigenvalue weighted by Gasteiger charge is 2.14. The number of halogens is 1. The summed E-state index contributed by atoms with van der Waals surface area (Å²) in [6.45, 7) is 3.93. The summed E-state index contributed by atoms with van der Waals surface area (Å²) in [6, 6.07) is 4.34. The number of hydrogen-bond acceptors (Lipinski definition) is 3. The molecule has 1 aromatic rings. The average molecular weight is 281 g/mol. The molecule has 0 aliphatic heterocycles. The van der Waals surface area contributed by atoms with E-state index in [1.165, 1.54) is 18.2 Å². The molecule has 1 rings (SSSR count). The maximum Gasteiger partial charge on any atom is 0.253 e. The molecule has 0 fully saturated rings. The van der Waals surface area contributed by atoms with E-state index in [0.29, 0.717) is 0 Å². The van der Waals surface area contributed by atoms with Crippen LogP contribution >= 0.6 is 0 Å². The lowest BCUT2D eigenvalue weighted by Crippen LogP contribution is -2.34. The van der Waals surface area contributed by atoms with Crippen LogP contribution in [0.1, 0.15) is 30.6 Å². The quantitative estimate of drug-likeness (QED) is 0.740. The Bertz CT molecular complexity index is 489. The number of carbonyl (C=O) groups is 2. The van der Waals surface area contributed by atoms with E-state index in [4.69, 9.17) is 0 Å². The minimum atomic E-state index is -0.488. The first kappa shape index (κ1) is 15.9. The molecule has 0 aliphatic carbocycles. The van der Waals surface area contributed by atoms with Gasteiger partial charge in [-0.05, 0) is 26.0 Å². The number of nitrogens with one attached hydrogen (secondary N) is 3. The zero-order chi connectivity index (χ0) is 15.1. The van der Waals surface area contributed by atoms with Crippen LogP contribution in [0.15, 0.2) is 18.2 Å². The molecule has 0 spiro atoms. The van der Waals surface area contributed by atoms with E-state index in [1.54, 1.807) is 7.05 Å². The van der Waals surface area contributed by atoms with E-state index in [9.17, 15) is 14.0 Å². The van der Waals surface area contributed by atoms with Crippen LogP contribution in [0.5, 0.6) is 0 Å². The Morgan fingerprint density at radius 3 is 2.60 bits per heavy atom. The molecular formula is C14H20FN3O2. The summed E-state index contributed by atoms with van der Waals surface area (Å²) >= 11 is 0. The van der Waals surface area contributed by atoms with Crippen LogP contribution in [0.4, 0.5) is 10.1 Å². The number of benzene rings is 1. The van der Waals surface area contributed by atoms with E-state index in [0.717, 1.165) is 0 Å². The number of carbonyl (C=O) groups excluding carboxylic acids is 2. The molecule has 0 unspecified atom stereocenters. The number of anilines is 1. The topological polar surface area (TPSA) is 70.2 Å². The zero-order valence-corrected chi connectivity index (χ0v) is 11.9. The van der Waals surface area contributed by atoms with Gasteiger partial charge in [-0.1, -0.05) is 6.07 Å². The summed E-state index contributed by atoms with van der Waals surface area (Å²) in [4.78, 5) is 23.3. The lowest BCUT2D eigenvalue weighted by Gasteiger charge is -2.11. The zero-order valence-electron chi connectivity index (χ0n) is 11.9. The molecule has 110 valence electrons. The highest BCUT2D eigenvalue weighted by Crippen LogP contribution is 2.18. The van der Waals surface area contributed by atoms with Gasteiger partial charge in [-0.15, -0.1) is 0 Å². The van der Waals surface area contributed by atoms with E-state index < -0.39 is 11.7 Å². The predicted octanol–water partition coefficient (Wildman–Crippen LogP) is 1.51. The summed E-state index contributed by atoms with van der Waals surface area (Å²) in [5.41, 5.74) is 0.369.